The van der Waals surface area contributed by atoms with Gasteiger partial charge < -0.3 is 18.9 Å². The quantitative estimate of drug-likeness (QED) is 0.471. The molecule has 0 bridgehead atoms. The third-order valence-corrected chi connectivity index (χ3v) is 1.76. The van der Waals surface area contributed by atoms with E-state index < -0.39 is 0 Å². The molecule has 0 aromatic carbocycles. The fourth-order valence-electron chi connectivity index (χ4n) is 0.952. The average Bonchev–Trinajstić information content (AvgIpc) is 2.36. The monoisotopic (exact) mass is 278 g/mol. The number of ether oxygens (including phenoxy) is 4. The summed E-state index contributed by atoms with van der Waals surface area (Å²) in [5, 5.41) is 0. The number of carbonyl (C=O) groups excluding carboxylic acids is 2. The minimum Gasteiger partial charge on any atom is -0.466 e. The zero-order chi connectivity index (χ0) is 14.9. The third kappa shape index (κ3) is 22.5. The van der Waals surface area contributed by atoms with Crippen molar-refractivity contribution in [2.45, 2.75) is 33.6 Å². The highest BCUT2D eigenvalue weighted by atomic mass is 16.5. The van der Waals surface area contributed by atoms with Crippen LogP contribution < -0.4 is 0 Å². The standard InChI is InChI=1S/C7H14O3.C6H12O3/c1-3-9-6-5-7(8)10-4-2;1-6(7)9-5-3-4-8-2/h3-6H2,1-2H3;3-5H2,1-2H3. The number of hydrogen-bond acceptors (Lipinski definition) is 6. The molecule has 0 atom stereocenters. The highest BCUT2D eigenvalue weighted by Crippen LogP contribution is 1.86. The first-order valence-corrected chi connectivity index (χ1v) is 6.44. The summed E-state index contributed by atoms with van der Waals surface area (Å²) in [6, 6.07) is 0. The first-order valence-electron chi connectivity index (χ1n) is 6.44. The molecule has 0 rings (SSSR count). The first-order chi connectivity index (χ1) is 9.08. The summed E-state index contributed by atoms with van der Waals surface area (Å²) in [6.45, 7) is 7.76. The van der Waals surface area contributed by atoms with Crippen LogP contribution in [0.1, 0.15) is 33.6 Å². The highest BCUT2D eigenvalue weighted by Gasteiger charge is 1.98. The van der Waals surface area contributed by atoms with Gasteiger partial charge >= 0.3 is 11.9 Å². The second-order valence-electron chi connectivity index (χ2n) is 3.44. The highest BCUT2D eigenvalue weighted by molar-refractivity contribution is 5.69. The lowest BCUT2D eigenvalue weighted by Gasteiger charge is -2.00. The fourth-order valence-corrected chi connectivity index (χ4v) is 0.952. The van der Waals surface area contributed by atoms with Gasteiger partial charge in [-0.1, -0.05) is 0 Å². The molecule has 0 radical (unpaired) electrons. The fraction of sp³-hybridized carbons (Fsp3) is 0.846. The van der Waals surface area contributed by atoms with Gasteiger partial charge in [-0.05, 0) is 13.8 Å². The number of carbonyl (C=O) groups is 2. The molecule has 0 aromatic rings. The van der Waals surface area contributed by atoms with Crippen molar-refractivity contribution in [1.29, 1.82) is 0 Å². The first kappa shape index (κ1) is 20.2. The van der Waals surface area contributed by atoms with E-state index in [0.717, 1.165) is 6.42 Å². The van der Waals surface area contributed by atoms with Crippen LogP contribution in [0, 0.1) is 0 Å². The minimum atomic E-state index is -0.230. The lowest BCUT2D eigenvalue weighted by Crippen LogP contribution is -2.07. The second-order valence-corrected chi connectivity index (χ2v) is 3.44. The molecule has 0 heterocycles. The van der Waals surface area contributed by atoms with Gasteiger partial charge in [0.05, 0.1) is 26.2 Å². The molecule has 114 valence electrons. The lowest BCUT2D eigenvalue weighted by molar-refractivity contribution is -0.144. The van der Waals surface area contributed by atoms with Crippen molar-refractivity contribution in [3.63, 3.8) is 0 Å². The Bertz CT molecular complexity index is 217. The number of esters is 2. The van der Waals surface area contributed by atoms with Crippen molar-refractivity contribution in [3.8, 4) is 0 Å². The number of rotatable bonds is 9. The molecule has 0 aliphatic rings. The van der Waals surface area contributed by atoms with E-state index in [-0.39, 0.29) is 11.9 Å². The SMILES string of the molecule is CCOCCC(=O)OCC.COCCCOC(C)=O. The van der Waals surface area contributed by atoms with Crippen LogP contribution in [-0.2, 0) is 28.5 Å². The molecule has 0 spiro atoms. The minimum absolute atomic E-state index is 0.184. The average molecular weight is 278 g/mol. The van der Waals surface area contributed by atoms with Gasteiger partial charge in [-0.2, -0.15) is 0 Å². The summed E-state index contributed by atoms with van der Waals surface area (Å²) in [6.07, 6.45) is 1.14. The molecule has 0 aliphatic heterocycles. The largest absolute Gasteiger partial charge is 0.466 e. The van der Waals surface area contributed by atoms with Crippen LogP contribution in [0.3, 0.4) is 0 Å². The van der Waals surface area contributed by atoms with Crippen molar-refractivity contribution >= 4 is 11.9 Å². The molecule has 0 amide bonds. The summed E-state index contributed by atoms with van der Waals surface area (Å²) in [4.78, 5) is 20.8. The zero-order valence-corrected chi connectivity index (χ0v) is 12.4. The van der Waals surface area contributed by atoms with Crippen LogP contribution in [0.2, 0.25) is 0 Å². The topological polar surface area (TPSA) is 71.1 Å². The Labute approximate surface area is 115 Å². The molecular formula is C13H26O6. The van der Waals surface area contributed by atoms with Crippen molar-refractivity contribution in [3.05, 3.63) is 0 Å². The zero-order valence-electron chi connectivity index (χ0n) is 12.4. The maximum atomic E-state index is 10.6. The van der Waals surface area contributed by atoms with Crippen molar-refractivity contribution < 1.29 is 28.5 Å². The molecule has 0 saturated heterocycles. The van der Waals surface area contributed by atoms with Gasteiger partial charge in [0.1, 0.15) is 0 Å². The predicted molar refractivity (Wildman–Crippen MR) is 70.9 cm³/mol. The molecule has 0 fully saturated rings. The third-order valence-electron chi connectivity index (χ3n) is 1.76. The maximum absolute atomic E-state index is 10.6. The Hall–Kier alpha value is -1.14. The summed E-state index contributed by atoms with van der Waals surface area (Å²) in [5.74, 6) is -0.415. The van der Waals surface area contributed by atoms with Gasteiger partial charge in [0.2, 0.25) is 0 Å². The Morgan fingerprint density at radius 3 is 2.11 bits per heavy atom. The predicted octanol–water partition coefficient (Wildman–Crippen LogP) is 1.56. The van der Waals surface area contributed by atoms with E-state index in [1.807, 2.05) is 6.92 Å². The van der Waals surface area contributed by atoms with E-state index in [1.165, 1.54) is 6.92 Å². The van der Waals surface area contributed by atoms with Gasteiger partial charge in [-0.15, -0.1) is 0 Å². The summed E-state index contributed by atoms with van der Waals surface area (Å²) >= 11 is 0. The normalized spacial score (nSPS) is 9.26. The van der Waals surface area contributed by atoms with Gasteiger partial charge in [0, 0.05) is 33.7 Å². The number of methoxy groups -OCH3 is 1. The van der Waals surface area contributed by atoms with Crippen LogP contribution in [0.5, 0.6) is 0 Å². The smallest absolute Gasteiger partial charge is 0.308 e. The van der Waals surface area contributed by atoms with Crippen molar-refractivity contribution in [1.82, 2.24) is 0 Å². The molecular weight excluding hydrogens is 252 g/mol. The number of hydrogen-bond donors (Lipinski definition) is 0. The molecule has 0 aromatic heterocycles. The molecule has 0 aliphatic carbocycles. The summed E-state index contributed by atoms with van der Waals surface area (Å²) < 4.78 is 19.0. The molecule has 6 heteroatoms. The van der Waals surface area contributed by atoms with Gasteiger partial charge in [-0.25, -0.2) is 0 Å². The molecule has 0 unspecified atom stereocenters. The van der Waals surface area contributed by atoms with Crippen LogP contribution in [0.15, 0.2) is 0 Å². The van der Waals surface area contributed by atoms with Crippen LogP contribution >= 0.6 is 0 Å². The Balaban J connectivity index is 0. The Morgan fingerprint density at radius 2 is 1.63 bits per heavy atom. The second kappa shape index (κ2) is 16.9. The van der Waals surface area contributed by atoms with E-state index in [0.29, 0.717) is 39.5 Å². The Kier molecular flexibility index (Phi) is 17.9. The molecule has 0 N–H and O–H groups in total. The van der Waals surface area contributed by atoms with Gasteiger partial charge in [0.15, 0.2) is 0 Å². The van der Waals surface area contributed by atoms with E-state index in [2.05, 4.69) is 9.47 Å². The maximum Gasteiger partial charge on any atom is 0.308 e. The Morgan fingerprint density at radius 1 is 0.947 bits per heavy atom. The van der Waals surface area contributed by atoms with Crippen molar-refractivity contribution in [2.75, 3.05) is 40.1 Å². The molecule has 19 heavy (non-hydrogen) atoms. The lowest BCUT2D eigenvalue weighted by atomic mass is 10.5. The molecule has 0 saturated carbocycles. The van der Waals surface area contributed by atoms with Gasteiger partial charge in [0.25, 0.3) is 0 Å². The summed E-state index contributed by atoms with van der Waals surface area (Å²) in [7, 11) is 1.62. The van der Waals surface area contributed by atoms with E-state index in [9.17, 15) is 9.59 Å². The van der Waals surface area contributed by atoms with Crippen LogP contribution in [0.4, 0.5) is 0 Å². The van der Waals surface area contributed by atoms with E-state index >= 15 is 0 Å². The van der Waals surface area contributed by atoms with Gasteiger partial charge in [-0.3, -0.25) is 9.59 Å². The molecule has 6 nitrogen and oxygen atoms in total. The van der Waals surface area contributed by atoms with Crippen molar-refractivity contribution in [2.24, 2.45) is 0 Å². The van der Waals surface area contributed by atoms with E-state index in [1.54, 1.807) is 14.0 Å². The van der Waals surface area contributed by atoms with E-state index in [4.69, 9.17) is 9.47 Å². The summed E-state index contributed by atoms with van der Waals surface area (Å²) in [5.41, 5.74) is 0. The van der Waals surface area contributed by atoms with Crippen LogP contribution in [0.25, 0.3) is 0 Å². The van der Waals surface area contributed by atoms with Crippen LogP contribution in [-0.4, -0.2) is 52.1 Å².